The number of aromatic hydroxyl groups is 1. The summed E-state index contributed by atoms with van der Waals surface area (Å²) in [4.78, 5) is 20.2. The van der Waals surface area contributed by atoms with E-state index < -0.39 is 5.91 Å². The second kappa shape index (κ2) is 5.56. The lowest BCUT2D eigenvalue weighted by molar-refractivity contribution is 0.102. The second-order valence-corrected chi connectivity index (χ2v) is 4.35. The lowest BCUT2D eigenvalue weighted by atomic mass is 10.1. The van der Waals surface area contributed by atoms with Crippen molar-refractivity contribution in [1.82, 2.24) is 9.97 Å². The van der Waals surface area contributed by atoms with Crippen molar-refractivity contribution in [2.45, 2.75) is 13.8 Å². The largest absolute Gasteiger partial charge is 0.507 e. The van der Waals surface area contributed by atoms with Crippen molar-refractivity contribution in [2.24, 2.45) is 0 Å². The molecular weight excluding hydrogens is 258 g/mol. The van der Waals surface area contributed by atoms with Crippen LogP contribution in [0, 0.1) is 13.8 Å². The Labute approximate surface area is 116 Å². The van der Waals surface area contributed by atoms with Crippen molar-refractivity contribution in [3.63, 3.8) is 0 Å². The van der Waals surface area contributed by atoms with Gasteiger partial charge in [0, 0.05) is 11.8 Å². The van der Waals surface area contributed by atoms with Gasteiger partial charge in [0.05, 0.1) is 12.7 Å². The van der Waals surface area contributed by atoms with E-state index in [0.717, 1.165) is 5.56 Å². The van der Waals surface area contributed by atoms with Gasteiger partial charge in [-0.05, 0) is 31.5 Å². The molecule has 6 heteroatoms. The lowest BCUT2D eigenvalue weighted by Gasteiger charge is -2.08. The summed E-state index contributed by atoms with van der Waals surface area (Å²) in [6.07, 6.45) is 0. The average molecular weight is 273 g/mol. The van der Waals surface area contributed by atoms with Crippen LogP contribution in [0.15, 0.2) is 24.3 Å². The molecule has 0 aliphatic heterocycles. The van der Waals surface area contributed by atoms with Gasteiger partial charge in [-0.3, -0.25) is 10.1 Å². The summed E-state index contributed by atoms with van der Waals surface area (Å²) in [7, 11) is 1.49. The van der Waals surface area contributed by atoms with Crippen LogP contribution in [-0.2, 0) is 0 Å². The van der Waals surface area contributed by atoms with Gasteiger partial charge in [0.25, 0.3) is 5.91 Å². The number of amides is 1. The number of carbonyl (C=O) groups excluding carboxylic acids is 1. The highest BCUT2D eigenvalue weighted by atomic mass is 16.5. The van der Waals surface area contributed by atoms with Gasteiger partial charge >= 0.3 is 0 Å². The van der Waals surface area contributed by atoms with E-state index in [1.807, 2.05) is 6.92 Å². The smallest absolute Gasteiger partial charge is 0.261 e. The summed E-state index contributed by atoms with van der Waals surface area (Å²) in [5, 5.41) is 12.3. The quantitative estimate of drug-likeness (QED) is 0.894. The number of nitrogens with zero attached hydrogens (tertiary/aromatic N) is 2. The zero-order valence-corrected chi connectivity index (χ0v) is 11.5. The first-order chi connectivity index (χ1) is 9.49. The van der Waals surface area contributed by atoms with Crippen LogP contribution in [-0.4, -0.2) is 28.1 Å². The number of methoxy groups -OCH3 is 1. The van der Waals surface area contributed by atoms with E-state index in [-0.39, 0.29) is 17.3 Å². The highest BCUT2D eigenvalue weighted by Crippen LogP contribution is 2.20. The second-order valence-electron chi connectivity index (χ2n) is 4.35. The lowest BCUT2D eigenvalue weighted by Crippen LogP contribution is -2.15. The minimum Gasteiger partial charge on any atom is -0.507 e. The van der Waals surface area contributed by atoms with Crippen molar-refractivity contribution in [1.29, 1.82) is 0 Å². The van der Waals surface area contributed by atoms with Crippen molar-refractivity contribution in [2.75, 3.05) is 12.4 Å². The highest BCUT2D eigenvalue weighted by Gasteiger charge is 2.13. The van der Waals surface area contributed by atoms with Crippen LogP contribution in [0.4, 0.5) is 5.95 Å². The molecule has 2 rings (SSSR count). The maximum absolute atomic E-state index is 12.1. The van der Waals surface area contributed by atoms with E-state index in [9.17, 15) is 9.90 Å². The average Bonchev–Trinajstić information content (AvgIpc) is 2.37. The van der Waals surface area contributed by atoms with Crippen LogP contribution in [0.1, 0.15) is 21.6 Å². The molecule has 2 aromatic rings. The number of carbonyl (C=O) groups is 1. The molecule has 1 aromatic carbocycles. The number of ether oxygens (including phenoxy) is 1. The number of hydrogen-bond donors (Lipinski definition) is 2. The maximum Gasteiger partial charge on any atom is 0.261 e. The Morgan fingerprint density at radius 3 is 2.65 bits per heavy atom. The van der Waals surface area contributed by atoms with Crippen LogP contribution in [0.5, 0.6) is 11.6 Å². The zero-order valence-electron chi connectivity index (χ0n) is 11.5. The van der Waals surface area contributed by atoms with E-state index in [1.54, 1.807) is 25.1 Å². The van der Waals surface area contributed by atoms with Crippen LogP contribution >= 0.6 is 0 Å². The topological polar surface area (TPSA) is 84.3 Å². The third-order valence-electron chi connectivity index (χ3n) is 2.66. The van der Waals surface area contributed by atoms with E-state index in [4.69, 9.17) is 4.74 Å². The van der Waals surface area contributed by atoms with Gasteiger partial charge in [0.2, 0.25) is 11.8 Å². The van der Waals surface area contributed by atoms with Crippen molar-refractivity contribution < 1.29 is 14.6 Å². The third-order valence-corrected chi connectivity index (χ3v) is 2.66. The summed E-state index contributed by atoms with van der Waals surface area (Å²) in [5.41, 5.74) is 1.70. The molecule has 20 heavy (non-hydrogen) atoms. The number of hydrogen-bond acceptors (Lipinski definition) is 5. The number of phenols is 1. The molecule has 0 saturated carbocycles. The van der Waals surface area contributed by atoms with E-state index >= 15 is 0 Å². The van der Waals surface area contributed by atoms with Crippen molar-refractivity contribution in [3.05, 3.63) is 41.1 Å². The third kappa shape index (κ3) is 3.03. The number of anilines is 1. The Kier molecular flexibility index (Phi) is 3.84. The minimum atomic E-state index is -0.477. The van der Waals surface area contributed by atoms with E-state index in [1.165, 1.54) is 13.2 Å². The van der Waals surface area contributed by atoms with E-state index in [0.29, 0.717) is 11.6 Å². The molecule has 0 fully saturated rings. The molecular formula is C14H15N3O3. The number of aryl methyl sites for hydroxylation is 2. The highest BCUT2D eigenvalue weighted by molar-refractivity contribution is 6.05. The van der Waals surface area contributed by atoms with E-state index in [2.05, 4.69) is 15.3 Å². The maximum atomic E-state index is 12.1. The molecule has 1 heterocycles. The Balaban J connectivity index is 2.25. The summed E-state index contributed by atoms with van der Waals surface area (Å²) >= 11 is 0. The fraction of sp³-hybridized carbons (Fsp3) is 0.214. The molecule has 0 aliphatic rings. The zero-order chi connectivity index (χ0) is 14.7. The van der Waals surface area contributed by atoms with Gasteiger partial charge in [-0.1, -0.05) is 6.07 Å². The molecule has 0 unspecified atom stereocenters. The van der Waals surface area contributed by atoms with Crippen LogP contribution in [0.3, 0.4) is 0 Å². The monoisotopic (exact) mass is 273 g/mol. The first kappa shape index (κ1) is 13.8. The molecule has 0 atom stereocenters. The molecule has 0 saturated heterocycles. The first-order valence-electron chi connectivity index (χ1n) is 6.00. The SMILES string of the molecule is COc1cc(C)nc(NC(=O)c2ccc(C)cc2O)n1. The predicted molar refractivity (Wildman–Crippen MR) is 74.1 cm³/mol. The number of nitrogens with one attached hydrogen (secondary N) is 1. The predicted octanol–water partition coefficient (Wildman–Crippen LogP) is 2.06. The Bertz CT molecular complexity index is 656. The van der Waals surface area contributed by atoms with Gasteiger partial charge < -0.3 is 9.84 Å². The number of rotatable bonds is 3. The van der Waals surface area contributed by atoms with Crippen LogP contribution < -0.4 is 10.1 Å². The standard InChI is InChI=1S/C14H15N3O3/c1-8-4-5-10(11(18)6-8)13(19)17-14-15-9(2)7-12(16-14)20-3/h4-7,18H,1-3H3,(H,15,16,17,19). The Morgan fingerprint density at radius 1 is 1.25 bits per heavy atom. The van der Waals surface area contributed by atoms with Gasteiger partial charge in [0.15, 0.2) is 0 Å². The molecule has 1 aromatic heterocycles. The summed E-state index contributed by atoms with van der Waals surface area (Å²) in [6.45, 7) is 3.60. The molecule has 6 nitrogen and oxygen atoms in total. The Morgan fingerprint density at radius 2 is 2.00 bits per heavy atom. The number of aromatic nitrogens is 2. The fourth-order valence-electron chi connectivity index (χ4n) is 1.70. The minimum absolute atomic E-state index is 0.0814. The van der Waals surface area contributed by atoms with Crippen molar-refractivity contribution >= 4 is 11.9 Å². The van der Waals surface area contributed by atoms with Gasteiger partial charge in [-0.25, -0.2) is 4.98 Å². The van der Waals surface area contributed by atoms with Gasteiger partial charge in [-0.15, -0.1) is 0 Å². The molecule has 0 spiro atoms. The molecule has 0 radical (unpaired) electrons. The molecule has 1 amide bonds. The number of benzene rings is 1. The summed E-state index contributed by atoms with van der Waals surface area (Å²) in [5.74, 6) is -0.0648. The molecule has 0 bridgehead atoms. The first-order valence-corrected chi connectivity index (χ1v) is 6.00. The normalized spacial score (nSPS) is 10.2. The van der Waals surface area contributed by atoms with Crippen LogP contribution in [0.2, 0.25) is 0 Å². The summed E-state index contributed by atoms with van der Waals surface area (Å²) in [6, 6.07) is 6.46. The summed E-state index contributed by atoms with van der Waals surface area (Å²) < 4.78 is 5.01. The fourth-order valence-corrected chi connectivity index (χ4v) is 1.70. The number of phenolic OH excluding ortho intramolecular Hbond substituents is 1. The van der Waals surface area contributed by atoms with Gasteiger partial charge in [-0.2, -0.15) is 4.98 Å². The molecule has 2 N–H and O–H groups in total. The van der Waals surface area contributed by atoms with Crippen molar-refractivity contribution in [3.8, 4) is 11.6 Å². The molecule has 104 valence electrons. The Hall–Kier alpha value is -2.63. The molecule has 0 aliphatic carbocycles. The van der Waals surface area contributed by atoms with Gasteiger partial charge in [0.1, 0.15) is 5.75 Å². The van der Waals surface area contributed by atoms with Crippen LogP contribution in [0.25, 0.3) is 0 Å².